The molecule has 1 aliphatic carbocycles. The van der Waals surface area contributed by atoms with E-state index in [2.05, 4.69) is 43.2 Å². The van der Waals surface area contributed by atoms with Crippen LogP contribution in [-0.4, -0.2) is 11.5 Å². The molecule has 3 rings (SSSR count). The molecule has 0 saturated carbocycles. The van der Waals surface area contributed by atoms with Crippen molar-refractivity contribution in [1.29, 1.82) is 0 Å². The lowest BCUT2D eigenvalue weighted by atomic mass is 9.90. The van der Waals surface area contributed by atoms with Gasteiger partial charge in [0.2, 0.25) is 0 Å². The van der Waals surface area contributed by atoms with Gasteiger partial charge in [-0.1, -0.05) is 19.1 Å². The number of fused-ring (bicyclic) bond motifs is 3. The van der Waals surface area contributed by atoms with Crippen LogP contribution in [0.15, 0.2) is 12.1 Å². The van der Waals surface area contributed by atoms with E-state index in [1.54, 1.807) is 5.56 Å². The predicted molar refractivity (Wildman–Crippen MR) is 77.1 cm³/mol. The Hall–Kier alpha value is -1.28. The van der Waals surface area contributed by atoms with Crippen LogP contribution in [-0.2, 0) is 6.42 Å². The average Bonchev–Trinajstić information content (AvgIpc) is 2.76. The van der Waals surface area contributed by atoms with Crippen LogP contribution in [0.3, 0.4) is 0 Å². The Labute approximate surface area is 109 Å². The highest BCUT2D eigenvalue weighted by atomic mass is 14.9. The third kappa shape index (κ3) is 1.67. The van der Waals surface area contributed by atoms with Gasteiger partial charge in [-0.15, -0.1) is 0 Å². The molecule has 2 nitrogen and oxygen atoms in total. The summed E-state index contributed by atoms with van der Waals surface area (Å²) in [5, 5.41) is 5.09. The average molecular weight is 242 g/mol. The zero-order valence-corrected chi connectivity index (χ0v) is 11.6. The van der Waals surface area contributed by atoms with E-state index in [0.29, 0.717) is 6.04 Å². The Morgan fingerprint density at radius 1 is 1.28 bits per heavy atom. The number of benzene rings is 1. The molecule has 1 aromatic carbocycles. The molecule has 96 valence electrons. The number of rotatable bonds is 2. The van der Waals surface area contributed by atoms with Gasteiger partial charge in [-0.05, 0) is 56.3 Å². The van der Waals surface area contributed by atoms with E-state index in [1.165, 1.54) is 47.0 Å². The number of aromatic nitrogens is 1. The van der Waals surface area contributed by atoms with Gasteiger partial charge in [-0.2, -0.15) is 0 Å². The van der Waals surface area contributed by atoms with Crippen molar-refractivity contribution in [2.24, 2.45) is 0 Å². The quantitative estimate of drug-likeness (QED) is 0.824. The largest absolute Gasteiger partial charge is 0.357 e. The van der Waals surface area contributed by atoms with Crippen LogP contribution in [0.25, 0.3) is 10.9 Å². The van der Waals surface area contributed by atoms with Crippen LogP contribution < -0.4 is 5.32 Å². The molecule has 0 saturated heterocycles. The Kier molecular flexibility index (Phi) is 2.90. The van der Waals surface area contributed by atoms with E-state index in [-0.39, 0.29) is 0 Å². The van der Waals surface area contributed by atoms with Crippen LogP contribution >= 0.6 is 0 Å². The first-order valence-electron chi connectivity index (χ1n) is 7.06. The second-order valence-electron chi connectivity index (χ2n) is 5.47. The molecule has 0 fully saturated rings. The van der Waals surface area contributed by atoms with E-state index in [9.17, 15) is 0 Å². The second kappa shape index (κ2) is 4.43. The summed E-state index contributed by atoms with van der Waals surface area (Å²) < 4.78 is 0. The van der Waals surface area contributed by atoms with E-state index >= 15 is 0 Å². The van der Waals surface area contributed by atoms with Gasteiger partial charge in [-0.25, -0.2) is 0 Å². The molecular formula is C16H22N2. The van der Waals surface area contributed by atoms with Crippen LogP contribution in [0, 0.1) is 13.8 Å². The highest BCUT2D eigenvalue weighted by molar-refractivity contribution is 5.90. The maximum atomic E-state index is 3.70. The number of nitrogens with one attached hydrogen (secondary N) is 2. The number of hydrogen-bond acceptors (Lipinski definition) is 1. The van der Waals surface area contributed by atoms with E-state index < -0.39 is 0 Å². The van der Waals surface area contributed by atoms with Crippen molar-refractivity contribution in [2.75, 3.05) is 6.54 Å². The van der Waals surface area contributed by atoms with Gasteiger partial charge in [0, 0.05) is 22.6 Å². The molecule has 0 aliphatic heterocycles. The highest BCUT2D eigenvalue weighted by Gasteiger charge is 2.24. The Balaban J connectivity index is 2.24. The van der Waals surface area contributed by atoms with Crippen LogP contribution in [0.5, 0.6) is 0 Å². The van der Waals surface area contributed by atoms with Gasteiger partial charge in [-0.3, -0.25) is 0 Å². The fourth-order valence-electron chi connectivity index (χ4n) is 3.34. The lowest BCUT2D eigenvalue weighted by molar-refractivity contribution is 0.465. The first kappa shape index (κ1) is 11.8. The summed E-state index contributed by atoms with van der Waals surface area (Å²) >= 11 is 0. The van der Waals surface area contributed by atoms with Crippen molar-refractivity contribution in [3.05, 3.63) is 34.5 Å². The standard InChI is InChI=1S/C16H22N2/c1-4-17-13-7-5-6-12-14-10(2)8-9-11(3)15(14)18-16(12)13/h8-9,13,17-18H,4-7H2,1-3H3. The van der Waals surface area contributed by atoms with Crippen LogP contribution in [0.2, 0.25) is 0 Å². The fraction of sp³-hybridized carbons (Fsp3) is 0.500. The smallest absolute Gasteiger partial charge is 0.0491 e. The zero-order chi connectivity index (χ0) is 12.7. The summed E-state index contributed by atoms with van der Waals surface area (Å²) in [5.41, 5.74) is 7.12. The van der Waals surface area contributed by atoms with Gasteiger partial charge in [0.15, 0.2) is 0 Å². The fourth-order valence-corrected chi connectivity index (χ4v) is 3.34. The van der Waals surface area contributed by atoms with Crippen LogP contribution in [0.1, 0.15) is 48.2 Å². The number of aryl methyl sites for hydroxylation is 3. The molecular weight excluding hydrogens is 220 g/mol. The minimum absolute atomic E-state index is 0.518. The lowest BCUT2D eigenvalue weighted by Crippen LogP contribution is -2.24. The molecule has 1 aromatic heterocycles. The third-order valence-corrected chi connectivity index (χ3v) is 4.23. The molecule has 18 heavy (non-hydrogen) atoms. The SMILES string of the molecule is CCNC1CCCc2c1[nH]c1c(C)ccc(C)c21. The lowest BCUT2D eigenvalue weighted by Gasteiger charge is -2.23. The summed E-state index contributed by atoms with van der Waals surface area (Å²) in [4.78, 5) is 3.70. The van der Waals surface area contributed by atoms with Crippen molar-refractivity contribution in [3.63, 3.8) is 0 Å². The summed E-state index contributed by atoms with van der Waals surface area (Å²) in [6.45, 7) is 7.66. The molecule has 1 unspecified atom stereocenters. The summed E-state index contributed by atoms with van der Waals surface area (Å²) in [6, 6.07) is 5.00. The summed E-state index contributed by atoms with van der Waals surface area (Å²) in [5.74, 6) is 0. The normalized spacial score (nSPS) is 19.2. The molecule has 0 radical (unpaired) electrons. The molecule has 0 amide bonds. The van der Waals surface area contributed by atoms with Gasteiger partial charge >= 0.3 is 0 Å². The third-order valence-electron chi connectivity index (χ3n) is 4.23. The maximum Gasteiger partial charge on any atom is 0.0491 e. The predicted octanol–water partition coefficient (Wildman–Crippen LogP) is 3.77. The molecule has 2 N–H and O–H groups in total. The zero-order valence-electron chi connectivity index (χ0n) is 11.6. The summed E-state index contributed by atoms with van der Waals surface area (Å²) in [7, 11) is 0. The Morgan fingerprint density at radius 3 is 2.83 bits per heavy atom. The minimum Gasteiger partial charge on any atom is -0.357 e. The van der Waals surface area contributed by atoms with Gasteiger partial charge < -0.3 is 10.3 Å². The number of hydrogen-bond donors (Lipinski definition) is 2. The highest BCUT2D eigenvalue weighted by Crippen LogP contribution is 2.37. The van der Waals surface area contributed by atoms with Crippen molar-refractivity contribution in [2.45, 2.75) is 46.1 Å². The molecule has 1 aliphatic rings. The Bertz CT molecular complexity index is 580. The van der Waals surface area contributed by atoms with E-state index in [1.807, 2.05) is 0 Å². The second-order valence-corrected chi connectivity index (χ2v) is 5.47. The molecule has 2 heteroatoms. The van der Waals surface area contributed by atoms with Crippen LogP contribution in [0.4, 0.5) is 0 Å². The topological polar surface area (TPSA) is 27.8 Å². The number of aromatic amines is 1. The molecule has 1 heterocycles. The van der Waals surface area contributed by atoms with Gasteiger partial charge in [0.05, 0.1) is 0 Å². The Morgan fingerprint density at radius 2 is 2.06 bits per heavy atom. The molecule has 0 bridgehead atoms. The van der Waals surface area contributed by atoms with Crippen molar-refractivity contribution < 1.29 is 0 Å². The molecule has 2 aromatic rings. The van der Waals surface area contributed by atoms with Gasteiger partial charge in [0.1, 0.15) is 0 Å². The van der Waals surface area contributed by atoms with Crippen molar-refractivity contribution in [3.8, 4) is 0 Å². The first-order valence-corrected chi connectivity index (χ1v) is 7.06. The minimum atomic E-state index is 0.518. The van der Waals surface area contributed by atoms with E-state index in [4.69, 9.17) is 0 Å². The van der Waals surface area contributed by atoms with Crippen molar-refractivity contribution in [1.82, 2.24) is 10.3 Å². The molecule has 1 atom stereocenters. The first-order chi connectivity index (χ1) is 8.72. The number of H-pyrrole nitrogens is 1. The molecule has 0 spiro atoms. The van der Waals surface area contributed by atoms with Crippen molar-refractivity contribution >= 4 is 10.9 Å². The summed E-state index contributed by atoms with van der Waals surface area (Å²) in [6.07, 6.45) is 3.78. The van der Waals surface area contributed by atoms with Gasteiger partial charge in [0.25, 0.3) is 0 Å². The monoisotopic (exact) mass is 242 g/mol. The maximum absolute atomic E-state index is 3.70. The van der Waals surface area contributed by atoms with E-state index in [0.717, 1.165) is 6.54 Å².